The zero-order valence-electron chi connectivity index (χ0n) is 15.7. The van der Waals surface area contributed by atoms with Gasteiger partial charge in [-0.15, -0.1) is 5.10 Å². The molecule has 7 heteroatoms. The van der Waals surface area contributed by atoms with Crippen LogP contribution in [0.25, 0.3) is 4.96 Å². The van der Waals surface area contributed by atoms with Crippen LogP contribution < -0.4 is 15.6 Å². The number of nitrogens with zero attached hydrogens (tertiary/aromatic N) is 3. The van der Waals surface area contributed by atoms with Crippen molar-refractivity contribution in [2.75, 3.05) is 12.4 Å². The van der Waals surface area contributed by atoms with Gasteiger partial charge in [-0.05, 0) is 29.5 Å². The topological polar surface area (TPSA) is 68.5 Å². The zero-order chi connectivity index (χ0) is 18.9. The number of anilines is 1. The van der Waals surface area contributed by atoms with Gasteiger partial charge in [0.15, 0.2) is 0 Å². The first-order chi connectivity index (χ1) is 12.3. The van der Waals surface area contributed by atoms with E-state index in [0.717, 1.165) is 23.4 Å². The van der Waals surface area contributed by atoms with Crippen LogP contribution in [-0.4, -0.2) is 21.7 Å². The summed E-state index contributed by atoms with van der Waals surface area (Å²) in [6.07, 6.45) is 0.723. The van der Waals surface area contributed by atoms with Gasteiger partial charge >= 0.3 is 0 Å². The van der Waals surface area contributed by atoms with Gasteiger partial charge in [-0.3, -0.25) is 4.79 Å². The molecule has 2 heterocycles. The van der Waals surface area contributed by atoms with Crippen molar-refractivity contribution in [2.24, 2.45) is 5.41 Å². The van der Waals surface area contributed by atoms with Crippen molar-refractivity contribution in [2.45, 2.75) is 40.2 Å². The maximum atomic E-state index is 12.2. The quantitative estimate of drug-likeness (QED) is 0.735. The van der Waals surface area contributed by atoms with E-state index < -0.39 is 0 Å². The molecule has 0 saturated carbocycles. The molecule has 1 aromatic carbocycles. The average molecular weight is 372 g/mol. The minimum atomic E-state index is -0.148. The highest BCUT2D eigenvalue weighted by atomic mass is 32.1. The Balaban J connectivity index is 2.01. The Morgan fingerprint density at radius 2 is 2.08 bits per heavy atom. The molecule has 0 amide bonds. The Morgan fingerprint density at radius 3 is 2.73 bits per heavy atom. The molecule has 0 saturated heterocycles. The number of rotatable bonds is 5. The van der Waals surface area contributed by atoms with E-state index in [9.17, 15) is 4.79 Å². The van der Waals surface area contributed by atoms with Crippen molar-refractivity contribution < 1.29 is 4.74 Å². The van der Waals surface area contributed by atoms with Gasteiger partial charge in [-0.1, -0.05) is 51.2 Å². The molecule has 0 radical (unpaired) electrons. The summed E-state index contributed by atoms with van der Waals surface area (Å²) in [6, 6.07) is 9.54. The standard InChI is InChI=1S/C19H24N4O2S/c1-6-13-11-15(24)23-18(20-13)26-17(22-23)21-16(19(2,3)4)12-8-7-9-14(10-12)25-5/h7-11,16H,6H2,1-5H3,(H,21,22)/t16-/m1/s1. The highest BCUT2D eigenvalue weighted by molar-refractivity contribution is 7.20. The maximum absolute atomic E-state index is 12.2. The van der Waals surface area contributed by atoms with E-state index in [-0.39, 0.29) is 17.0 Å². The minimum Gasteiger partial charge on any atom is -0.497 e. The molecule has 0 bridgehead atoms. The monoisotopic (exact) mass is 372 g/mol. The summed E-state index contributed by atoms with van der Waals surface area (Å²) < 4.78 is 6.72. The third-order valence-corrected chi connectivity index (χ3v) is 5.06. The molecule has 3 aromatic rings. The second kappa shape index (κ2) is 7.07. The molecule has 1 N–H and O–H groups in total. The maximum Gasteiger partial charge on any atom is 0.275 e. The fourth-order valence-electron chi connectivity index (χ4n) is 2.84. The molecule has 1 atom stereocenters. The van der Waals surface area contributed by atoms with E-state index in [0.29, 0.717) is 10.1 Å². The lowest BCUT2D eigenvalue weighted by molar-refractivity contribution is 0.345. The van der Waals surface area contributed by atoms with Crippen LogP contribution in [0.4, 0.5) is 5.13 Å². The summed E-state index contributed by atoms with van der Waals surface area (Å²) in [5.74, 6) is 0.813. The van der Waals surface area contributed by atoms with Gasteiger partial charge in [0.05, 0.1) is 13.2 Å². The SMILES string of the molecule is CCc1cc(=O)n2nc(N[C@H](c3cccc(OC)c3)C(C)(C)C)sc2n1. The van der Waals surface area contributed by atoms with Crippen LogP contribution in [0.3, 0.4) is 0 Å². The van der Waals surface area contributed by atoms with Gasteiger partial charge < -0.3 is 10.1 Å². The summed E-state index contributed by atoms with van der Waals surface area (Å²) in [5, 5.41) is 8.59. The van der Waals surface area contributed by atoms with E-state index in [1.54, 1.807) is 13.2 Å². The van der Waals surface area contributed by atoms with Crippen molar-refractivity contribution in [3.05, 3.63) is 51.9 Å². The normalized spacial score (nSPS) is 13.0. The van der Waals surface area contributed by atoms with Gasteiger partial charge in [-0.25, -0.2) is 4.98 Å². The van der Waals surface area contributed by atoms with Gasteiger partial charge in [-0.2, -0.15) is 4.52 Å². The zero-order valence-corrected chi connectivity index (χ0v) is 16.6. The fraction of sp³-hybridized carbons (Fsp3) is 0.421. The highest BCUT2D eigenvalue weighted by Gasteiger charge is 2.28. The van der Waals surface area contributed by atoms with Crippen LogP contribution in [0.2, 0.25) is 0 Å². The van der Waals surface area contributed by atoms with Crippen molar-refractivity contribution in [3.63, 3.8) is 0 Å². The summed E-state index contributed by atoms with van der Waals surface area (Å²) in [6.45, 7) is 8.47. The first kappa shape index (κ1) is 18.4. The van der Waals surface area contributed by atoms with Crippen LogP contribution in [0, 0.1) is 5.41 Å². The second-order valence-electron chi connectivity index (χ2n) is 7.26. The number of aryl methyl sites for hydroxylation is 1. The first-order valence-corrected chi connectivity index (χ1v) is 9.43. The number of hydrogen-bond acceptors (Lipinski definition) is 6. The van der Waals surface area contributed by atoms with E-state index in [4.69, 9.17) is 4.74 Å². The van der Waals surface area contributed by atoms with Gasteiger partial charge in [0.2, 0.25) is 10.1 Å². The Morgan fingerprint density at radius 1 is 1.31 bits per heavy atom. The molecule has 0 aliphatic rings. The predicted molar refractivity (Wildman–Crippen MR) is 105 cm³/mol. The molecule has 26 heavy (non-hydrogen) atoms. The van der Waals surface area contributed by atoms with Crippen molar-refractivity contribution in [3.8, 4) is 5.75 Å². The number of ether oxygens (including phenoxy) is 1. The Kier molecular flexibility index (Phi) is 5.00. The van der Waals surface area contributed by atoms with Crippen molar-refractivity contribution in [1.29, 1.82) is 0 Å². The second-order valence-corrected chi connectivity index (χ2v) is 8.22. The largest absolute Gasteiger partial charge is 0.497 e. The lowest BCUT2D eigenvalue weighted by Crippen LogP contribution is -2.26. The Labute approximate surface area is 156 Å². The number of benzene rings is 1. The fourth-order valence-corrected chi connectivity index (χ4v) is 3.69. The molecule has 3 rings (SSSR count). The van der Waals surface area contributed by atoms with Crippen LogP contribution >= 0.6 is 11.3 Å². The van der Waals surface area contributed by atoms with Crippen LogP contribution in [0.1, 0.15) is 45.0 Å². The van der Waals surface area contributed by atoms with Crippen molar-refractivity contribution >= 4 is 21.4 Å². The molecule has 138 valence electrons. The van der Waals surface area contributed by atoms with Gasteiger partial charge in [0.1, 0.15) is 5.75 Å². The summed E-state index contributed by atoms with van der Waals surface area (Å²) in [4.78, 5) is 17.3. The lowest BCUT2D eigenvalue weighted by Gasteiger charge is -2.31. The summed E-state index contributed by atoms with van der Waals surface area (Å²) in [5.41, 5.74) is 1.66. The average Bonchev–Trinajstić information content (AvgIpc) is 3.02. The van der Waals surface area contributed by atoms with Crippen molar-refractivity contribution in [1.82, 2.24) is 14.6 Å². The molecule has 6 nitrogen and oxygen atoms in total. The smallest absolute Gasteiger partial charge is 0.275 e. The molecule has 0 spiro atoms. The molecule has 0 fully saturated rings. The number of fused-ring (bicyclic) bond motifs is 1. The molecule has 0 aliphatic carbocycles. The Bertz CT molecular complexity index is 972. The van der Waals surface area contributed by atoms with E-state index in [1.807, 2.05) is 25.1 Å². The summed E-state index contributed by atoms with van der Waals surface area (Å²) in [7, 11) is 1.66. The van der Waals surface area contributed by atoms with Crippen LogP contribution in [0.15, 0.2) is 35.1 Å². The molecular formula is C19H24N4O2S. The third-order valence-electron chi connectivity index (χ3n) is 4.22. The molecule has 2 aromatic heterocycles. The van der Waals surface area contributed by atoms with Crippen LogP contribution in [0.5, 0.6) is 5.75 Å². The Hall–Kier alpha value is -2.41. The number of hydrogen-bond donors (Lipinski definition) is 1. The van der Waals surface area contributed by atoms with E-state index in [1.165, 1.54) is 15.9 Å². The van der Waals surface area contributed by atoms with Gasteiger partial charge in [0.25, 0.3) is 5.56 Å². The van der Waals surface area contributed by atoms with E-state index >= 15 is 0 Å². The molecule has 0 unspecified atom stereocenters. The number of aromatic nitrogens is 3. The van der Waals surface area contributed by atoms with E-state index in [2.05, 4.69) is 42.2 Å². The predicted octanol–water partition coefficient (Wildman–Crippen LogP) is 3.92. The van der Waals surface area contributed by atoms with Gasteiger partial charge in [0, 0.05) is 11.8 Å². The number of nitrogens with one attached hydrogen (secondary N) is 1. The molecular weight excluding hydrogens is 348 g/mol. The molecule has 0 aliphatic heterocycles. The summed E-state index contributed by atoms with van der Waals surface area (Å²) >= 11 is 1.39. The first-order valence-electron chi connectivity index (χ1n) is 8.62. The minimum absolute atomic E-state index is 0.000454. The third kappa shape index (κ3) is 3.72. The van der Waals surface area contributed by atoms with Crippen LogP contribution in [-0.2, 0) is 6.42 Å². The lowest BCUT2D eigenvalue weighted by atomic mass is 9.82. The highest BCUT2D eigenvalue weighted by Crippen LogP contribution is 2.37. The number of methoxy groups -OCH3 is 1.